The van der Waals surface area contributed by atoms with Gasteiger partial charge in [0.15, 0.2) is 0 Å². The molecule has 3 aromatic rings. The van der Waals surface area contributed by atoms with Crippen LogP contribution in [0, 0.1) is 0 Å². The molecule has 0 aliphatic rings. The standard InChI is InChI=1S/C22H22NOP/c24-23-20(17-16-19-10-4-1-5-11-19)18-25(21-12-6-2-7-13-21)22-14-8-3-9-15-22/h1-15,24H,16-18H2. The number of benzene rings is 3. The van der Waals surface area contributed by atoms with E-state index in [4.69, 9.17) is 0 Å². The molecule has 0 unspecified atom stereocenters. The first-order chi connectivity index (χ1) is 12.4. The summed E-state index contributed by atoms with van der Waals surface area (Å²) in [4.78, 5) is 0. The molecule has 0 atom stereocenters. The maximum absolute atomic E-state index is 9.55. The number of rotatable bonds is 7. The van der Waals surface area contributed by atoms with Gasteiger partial charge in [-0.3, -0.25) is 0 Å². The zero-order chi connectivity index (χ0) is 17.3. The molecule has 0 aromatic heterocycles. The van der Waals surface area contributed by atoms with Gasteiger partial charge >= 0.3 is 0 Å². The summed E-state index contributed by atoms with van der Waals surface area (Å²) in [5, 5.41) is 15.8. The highest BCUT2D eigenvalue weighted by atomic mass is 31.1. The highest BCUT2D eigenvalue weighted by molar-refractivity contribution is 7.73. The molecular formula is C22H22NOP. The molecule has 0 aliphatic heterocycles. The normalized spacial score (nSPS) is 11.6. The van der Waals surface area contributed by atoms with Gasteiger partial charge < -0.3 is 5.21 Å². The minimum atomic E-state index is -0.567. The van der Waals surface area contributed by atoms with Crippen molar-refractivity contribution in [2.75, 3.05) is 6.16 Å². The van der Waals surface area contributed by atoms with Crippen molar-refractivity contribution in [3.63, 3.8) is 0 Å². The molecule has 0 fully saturated rings. The quantitative estimate of drug-likeness (QED) is 0.288. The molecule has 126 valence electrons. The number of oxime groups is 1. The summed E-state index contributed by atoms with van der Waals surface area (Å²) >= 11 is 0. The summed E-state index contributed by atoms with van der Waals surface area (Å²) in [5.74, 6) is 0. The molecule has 3 aromatic carbocycles. The smallest absolute Gasteiger partial charge is 0.0623 e. The lowest BCUT2D eigenvalue weighted by molar-refractivity contribution is 0.317. The van der Waals surface area contributed by atoms with Crippen LogP contribution in [0.25, 0.3) is 0 Å². The third-order valence-corrected chi connectivity index (χ3v) is 6.69. The maximum atomic E-state index is 9.55. The Morgan fingerprint density at radius 1 is 0.720 bits per heavy atom. The molecule has 3 rings (SSSR count). The first-order valence-electron chi connectivity index (χ1n) is 8.48. The summed E-state index contributed by atoms with van der Waals surface area (Å²) in [7, 11) is -0.567. The molecule has 0 heterocycles. The SMILES string of the molecule is ON=C(CCc1ccccc1)CP(c1ccccc1)c1ccccc1. The zero-order valence-electron chi connectivity index (χ0n) is 14.1. The monoisotopic (exact) mass is 347 g/mol. The van der Waals surface area contributed by atoms with Crippen LogP contribution in [0.1, 0.15) is 12.0 Å². The molecule has 3 heteroatoms. The fraction of sp³-hybridized carbons (Fsp3) is 0.136. The van der Waals surface area contributed by atoms with Crippen molar-refractivity contribution < 1.29 is 5.21 Å². The summed E-state index contributed by atoms with van der Waals surface area (Å²) < 4.78 is 0. The first kappa shape index (κ1) is 17.4. The molecule has 0 aliphatic carbocycles. The maximum Gasteiger partial charge on any atom is 0.0623 e. The topological polar surface area (TPSA) is 32.6 Å². The highest BCUT2D eigenvalue weighted by Crippen LogP contribution is 2.34. The molecule has 0 amide bonds. The van der Waals surface area contributed by atoms with Gasteiger partial charge in [0.2, 0.25) is 0 Å². The Bertz CT molecular complexity index is 749. The van der Waals surface area contributed by atoms with Crippen molar-refractivity contribution in [3.05, 3.63) is 96.6 Å². The average Bonchev–Trinajstić information content (AvgIpc) is 2.70. The Labute approximate surface area is 150 Å². The predicted octanol–water partition coefficient (Wildman–Crippen LogP) is 4.58. The fourth-order valence-electron chi connectivity index (χ4n) is 2.82. The van der Waals surface area contributed by atoms with Crippen LogP contribution in [0.4, 0.5) is 0 Å². The van der Waals surface area contributed by atoms with Gasteiger partial charge in [0.25, 0.3) is 0 Å². The van der Waals surface area contributed by atoms with Crippen LogP contribution in [0.3, 0.4) is 0 Å². The highest BCUT2D eigenvalue weighted by Gasteiger charge is 2.16. The number of hydrogen-bond acceptors (Lipinski definition) is 2. The Kier molecular flexibility index (Phi) is 6.36. The lowest BCUT2D eigenvalue weighted by Crippen LogP contribution is -2.19. The van der Waals surface area contributed by atoms with Crippen LogP contribution < -0.4 is 10.6 Å². The summed E-state index contributed by atoms with van der Waals surface area (Å²) in [6.45, 7) is 0. The Hall–Kier alpha value is -2.44. The molecule has 25 heavy (non-hydrogen) atoms. The van der Waals surface area contributed by atoms with Gasteiger partial charge in [0.1, 0.15) is 0 Å². The van der Waals surface area contributed by atoms with Crippen LogP contribution in [-0.2, 0) is 6.42 Å². The van der Waals surface area contributed by atoms with E-state index in [0.29, 0.717) is 0 Å². The number of hydrogen-bond donors (Lipinski definition) is 1. The average molecular weight is 347 g/mol. The number of aryl methyl sites for hydroxylation is 1. The Balaban J connectivity index is 1.77. The van der Waals surface area contributed by atoms with E-state index < -0.39 is 7.92 Å². The van der Waals surface area contributed by atoms with Gasteiger partial charge in [-0.1, -0.05) is 96.2 Å². The van der Waals surface area contributed by atoms with E-state index >= 15 is 0 Å². The van der Waals surface area contributed by atoms with Crippen LogP contribution in [-0.4, -0.2) is 17.1 Å². The van der Waals surface area contributed by atoms with E-state index in [2.05, 4.69) is 65.8 Å². The largest absolute Gasteiger partial charge is 0.411 e. The van der Waals surface area contributed by atoms with Crippen molar-refractivity contribution in [1.82, 2.24) is 0 Å². The molecule has 2 nitrogen and oxygen atoms in total. The summed E-state index contributed by atoms with van der Waals surface area (Å²) in [6, 6.07) is 31.4. The first-order valence-corrected chi connectivity index (χ1v) is 10.0. The van der Waals surface area contributed by atoms with E-state index in [1.807, 2.05) is 30.3 Å². The van der Waals surface area contributed by atoms with E-state index in [1.165, 1.54) is 16.2 Å². The van der Waals surface area contributed by atoms with Crippen LogP contribution in [0.2, 0.25) is 0 Å². The molecule has 0 saturated heterocycles. The zero-order valence-corrected chi connectivity index (χ0v) is 15.0. The van der Waals surface area contributed by atoms with Crippen molar-refractivity contribution in [3.8, 4) is 0 Å². The lowest BCUT2D eigenvalue weighted by Gasteiger charge is -2.19. The molecule has 0 saturated carbocycles. The second-order valence-corrected chi connectivity index (χ2v) is 8.11. The number of nitrogens with zero attached hydrogens (tertiary/aromatic N) is 1. The second kappa shape index (κ2) is 9.15. The fourth-order valence-corrected chi connectivity index (χ4v) is 5.14. The summed E-state index contributed by atoms with van der Waals surface area (Å²) in [5.41, 5.74) is 2.13. The summed E-state index contributed by atoms with van der Waals surface area (Å²) in [6.07, 6.45) is 2.46. The molecule has 0 bridgehead atoms. The Morgan fingerprint density at radius 3 is 1.68 bits per heavy atom. The van der Waals surface area contributed by atoms with Crippen molar-refractivity contribution in [1.29, 1.82) is 0 Å². The van der Waals surface area contributed by atoms with Gasteiger partial charge in [-0.2, -0.15) is 0 Å². The third-order valence-electron chi connectivity index (χ3n) is 4.16. The predicted molar refractivity (Wildman–Crippen MR) is 108 cm³/mol. The molecular weight excluding hydrogens is 325 g/mol. The van der Waals surface area contributed by atoms with Gasteiger partial charge in [0, 0.05) is 6.16 Å². The minimum absolute atomic E-state index is 0.567. The van der Waals surface area contributed by atoms with Crippen LogP contribution >= 0.6 is 7.92 Å². The van der Waals surface area contributed by atoms with Crippen molar-refractivity contribution in [2.45, 2.75) is 12.8 Å². The third kappa shape index (κ3) is 5.01. The minimum Gasteiger partial charge on any atom is -0.411 e. The molecule has 1 N–H and O–H groups in total. The Morgan fingerprint density at radius 2 is 1.20 bits per heavy atom. The van der Waals surface area contributed by atoms with Gasteiger partial charge in [0.05, 0.1) is 5.71 Å². The lowest BCUT2D eigenvalue weighted by atomic mass is 10.1. The van der Waals surface area contributed by atoms with E-state index in [9.17, 15) is 5.21 Å². The molecule has 0 radical (unpaired) electrons. The van der Waals surface area contributed by atoms with Crippen molar-refractivity contribution in [2.24, 2.45) is 5.16 Å². The van der Waals surface area contributed by atoms with E-state index in [0.717, 1.165) is 24.7 Å². The molecule has 0 spiro atoms. The van der Waals surface area contributed by atoms with Crippen LogP contribution in [0.5, 0.6) is 0 Å². The van der Waals surface area contributed by atoms with Gasteiger partial charge in [-0.15, -0.1) is 0 Å². The van der Waals surface area contributed by atoms with Crippen LogP contribution in [0.15, 0.2) is 96.2 Å². The van der Waals surface area contributed by atoms with E-state index in [1.54, 1.807) is 0 Å². The van der Waals surface area contributed by atoms with E-state index in [-0.39, 0.29) is 0 Å². The van der Waals surface area contributed by atoms with Crippen molar-refractivity contribution >= 4 is 24.2 Å². The van der Waals surface area contributed by atoms with Gasteiger partial charge in [-0.25, -0.2) is 0 Å². The second-order valence-electron chi connectivity index (χ2n) is 5.91. The van der Waals surface area contributed by atoms with Gasteiger partial charge in [-0.05, 0) is 36.9 Å².